The third-order valence-electron chi connectivity index (χ3n) is 6.12. The highest BCUT2D eigenvalue weighted by Crippen LogP contribution is 2.32. The number of alkyl halides is 3. The highest BCUT2D eigenvalue weighted by Gasteiger charge is 2.30. The number of halogens is 4. The Hall–Kier alpha value is -4.08. The molecule has 0 aromatic heterocycles. The molecule has 0 radical (unpaired) electrons. The summed E-state index contributed by atoms with van der Waals surface area (Å²) in [6.07, 6.45) is -1.09. The van der Waals surface area contributed by atoms with Gasteiger partial charge in [-0.3, -0.25) is 9.59 Å². The number of fused-ring (bicyclic) bond motifs is 1. The molecule has 3 aromatic rings. The molecule has 0 aliphatic carbocycles. The van der Waals surface area contributed by atoms with Crippen LogP contribution in [-0.2, 0) is 22.2 Å². The van der Waals surface area contributed by atoms with E-state index in [1.165, 1.54) is 24.3 Å². The Bertz CT molecular complexity index is 1400. The van der Waals surface area contributed by atoms with E-state index < -0.39 is 29.7 Å². The van der Waals surface area contributed by atoms with Gasteiger partial charge in [0.2, 0.25) is 5.91 Å². The second-order valence-corrected chi connectivity index (χ2v) is 8.99. The minimum Gasteiger partial charge on any atom is -0.383 e. The van der Waals surface area contributed by atoms with Gasteiger partial charge in [-0.05, 0) is 53.1 Å². The molecular weight excluding hydrogens is 531 g/mol. The van der Waals surface area contributed by atoms with Crippen molar-refractivity contribution in [3.05, 3.63) is 107 Å². The van der Waals surface area contributed by atoms with E-state index in [2.05, 4.69) is 10.6 Å². The first-order valence-corrected chi connectivity index (χ1v) is 11.8. The zero-order valence-corrected chi connectivity index (χ0v) is 21.9. The maximum Gasteiger partial charge on any atom is 0.416 e. The van der Waals surface area contributed by atoms with Crippen LogP contribution in [0.3, 0.4) is 0 Å². The topological polar surface area (TPSA) is 81.7 Å². The number of anilines is 3. The molecular formula is C29H27ClF3N3O3. The number of carbonyl (C=O) groups is 2. The summed E-state index contributed by atoms with van der Waals surface area (Å²) in [6.45, 7) is 0. The van der Waals surface area contributed by atoms with Crippen LogP contribution in [0.2, 0.25) is 0 Å². The monoisotopic (exact) mass is 557 g/mol. The van der Waals surface area contributed by atoms with Gasteiger partial charge in [0.1, 0.15) is 6.10 Å². The SMILES string of the molecule is CN(C)c1ccc(/C(=C/C=C/C(=O)Nc2cccc3c2CC(O)C(=O)N3)c2ccc(C(F)(F)F)cc2)cc1.Cl. The lowest BCUT2D eigenvalue weighted by Crippen LogP contribution is -2.34. The van der Waals surface area contributed by atoms with Gasteiger partial charge >= 0.3 is 6.18 Å². The second-order valence-electron chi connectivity index (χ2n) is 8.99. The molecule has 0 saturated carbocycles. The van der Waals surface area contributed by atoms with Crippen LogP contribution >= 0.6 is 12.4 Å². The molecule has 1 unspecified atom stereocenters. The van der Waals surface area contributed by atoms with E-state index in [4.69, 9.17) is 0 Å². The maximum absolute atomic E-state index is 13.1. The Labute approximate surface area is 230 Å². The Balaban J connectivity index is 0.00000420. The Morgan fingerprint density at radius 2 is 1.64 bits per heavy atom. The number of nitrogens with zero attached hydrogens (tertiary/aromatic N) is 1. The van der Waals surface area contributed by atoms with Crippen molar-refractivity contribution >= 4 is 46.9 Å². The lowest BCUT2D eigenvalue weighted by Gasteiger charge is -2.23. The van der Waals surface area contributed by atoms with Crippen LogP contribution in [0.4, 0.5) is 30.2 Å². The van der Waals surface area contributed by atoms with E-state index in [1.807, 2.05) is 43.3 Å². The van der Waals surface area contributed by atoms with Crippen molar-refractivity contribution in [2.75, 3.05) is 29.6 Å². The average Bonchev–Trinajstić information content (AvgIpc) is 2.87. The molecule has 3 aromatic carbocycles. The maximum atomic E-state index is 13.1. The molecule has 1 aliphatic heterocycles. The summed E-state index contributed by atoms with van der Waals surface area (Å²) >= 11 is 0. The van der Waals surface area contributed by atoms with Gasteiger partial charge in [-0.25, -0.2) is 0 Å². The normalized spacial score (nSPS) is 15.3. The van der Waals surface area contributed by atoms with Crippen molar-refractivity contribution in [1.29, 1.82) is 0 Å². The van der Waals surface area contributed by atoms with Crippen LogP contribution in [0.1, 0.15) is 22.3 Å². The first-order chi connectivity index (χ1) is 18.0. The van der Waals surface area contributed by atoms with Crippen molar-refractivity contribution < 1.29 is 27.9 Å². The van der Waals surface area contributed by atoms with Gasteiger partial charge in [-0.1, -0.05) is 42.5 Å². The van der Waals surface area contributed by atoms with Crippen LogP contribution in [0, 0.1) is 0 Å². The fourth-order valence-corrected chi connectivity index (χ4v) is 4.09. The number of aliphatic hydroxyl groups excluding tert-OH is 1. The fraction of sp³-hybridized carbons (Fsp3) is 0.172. The third kappa shape index (κ3) is 7.07. The summed E-state index contributed by atoms with van der Waals surface area (Å²) in [7, 11) is 3.81. The van der Waals surface area contributed by atoms with Crippen LogP contribution in [0.15, 0.2) is 85.0 Å². The van der Waals surface area contributed by atoms with E-state index in [0.29, 0.717) is 28.1 Å². The summed E-state index contributed by atoms with van der Waals surface area (Å²) < 4.78 is 39.2. The standard InChI is InChI=1S/C29H26F3N3O3.ClH/c1-35(2)21-15-11-19(12-16-21)22(18-9-13-20(14-10-18)29(30,31)32)5-3-8-27(37)33-24-6-4-7-25-23(24)17-26(36)28(38)34-25;/h3-16,26,36H,17H2,1-2H3,(H,33,37)(H,34,38);1H/b8-3+,22-5+;. The minimum absolute atomic E-state index is 0. The highest BCUT2D eigenvalue weighted by atomic mass is 35.5. The van der Waals surface area contributed by atoms with E-state index in [0.717, 1.165) is 23.4 Å². The number of allylic oxidation sites excluding steroid dienone is 2. The van der Waals surface area contributed by atoms with Crippen molar-refractivity contribution in [3.63, 3.8) is 0 Å². The predicted octanol–water partition coefficient (Wildman–Crippen LogP) is 5.68. The van der Waals surface area contributed by atoms with E-state index in [1.54, 1.807) is 24.3 Å². The summed E-state index contributed by atoms with van der Waals surface area (Å²) in [5.41, 5.74) is 3.77. The summed E-state index contributed by atoms with van der Waals surface area (Å²) in [4.78, 5) is 26.3. The highest BCUT2D eigenvalue weighted by molar-refractivity contribution is 6.03. The van der Waals surface area contributed by atoms with Crippen LogP contribution in [0.25, 0.3) is 5.57 Å². The Morgan fingerprint density at radius 1 is 1.03 bits per heavy atom. The predicted molar refractivity (Wildman–Crippen MR) is 149 cm³/mol. The number of rotatable bonds is 6. The molecule has 10 heteroatoms. The van der Waals surface area contributed by atoms with E-state index in [9.17, 15) is 27.9 Å². The molecule has 0 spiro atoms. The quantitative estimate of drug-likeness (QED) is 0.269. The molecule has 1 aliphatic rings. The zero-order valence-electron chi connectivity index (χ0n) is 21.1. The molecule has 0 bridgehead atoms. The number of hydrogen-bond donors (Lipinski definition) is 3. The number of amides is 2. The second kappa shape index (κ2) is 12.2. The lowest BCUT2D eigenvalue weighted by atomic mass is 9.96. The number of aliphatic hydroxyl groups is 1. The molecule has 1 atom stereocenters. The molecule has 39 heavy (non-hydrogen) atoms. The number of nitrogens with one attached hydrogen (secondary N) is 2. The third-order valence-corrected chi connectivity index (χ3v) is 6.12. The smallest absolute Gasteiger partial charge is 0.383 e. The van der Waals surface area contributed by atoms with Crippen molar-refractivity contribution in [2.24, 2.45) is 0 Å². The van der Waals surface area contributed by atoms with Crippen molar-refractivity contribution in [3.8, 4) is 0 Å². The van der Waals surface area contributed by atoms with Crippen LogP contribution < -0.4 is 15.5 Å². The van der Waals surface area contributed by atoms with Crippen molar-refractivity contribution in [1.82, 2.24) is 0 Å². The summed E-state index contributed by atoms with van der Waals surface area (Å²) in [6, 6.07) is 17.4. The van der Waals surface area contributed by atoms with Gasteiger partial charge in [0, 0.05) is 49.2 Å². The number of benzene rings is 3. The molecule has 6 nitrogen and oxygen atoms in total. The van der Waals surface area contributed by atoms with Gasteiger partial charge in [0.25, 0.3) is 5.91 Å². The lowest BCUT2D eigenvalue weighted by molar-refractivity contribution is -0.137. The molecule has 4 rings (SSSR count). The van der Waals surface area contributed by atoms with E-state index in [-0.39, 0.29) is 18.8 Å². The first kappa shape index (κ1) is 29.5. The Morgan fingerprint density at radius 3 is 2.23 bits per heavy atom. The van der Waals surface area contributed by atoms with Gasteiger partial charge in [0.15, 0.2) is 0 Å². The fourth-order valence-electron chi connectivity index (χ4n) is 4.09. The van der Waals surface area contributed by atoms with Crippen LogP contribution in [0.5, 0.6) is 0 Å². The van der Waals surface area contributed by atoms with Gasteiger partial charge in [-0.2, -0.15) is 13.2 Å². The molecule has 1 heterocycles. The van der Waals surface area contributed by atoms with Crippen molar-refractivity contribution in [2.45, 2.75) is 18.7 Å². The number of hydrogen-bond acceptors (Lipinski definition) is 4. The van der Waals surface area contributed by atoms with Crippen LogP contribution in [-0.4, -0.2) is 37.1 Å². The average molecular weight is 558 g/mol. The largest absolute Gasteiger partial charge is 0.416 e. The van der Waals surface area contributed by atoms with E-state index >= 15 is 0 Å². The van der Waals surface area contributed by atoms with Gasteiger partial charge in [-0.15, -0.1) is 12.4 Å². The summed E-state index contributed by atoms with van der Waals surface area (Å²) in [5.74, 6) is -0.948. The number of carbonyl (C=O) groups excluding carboxylic acids is 2. The summed E-state index contributed by atoms with van der Waals surface area (Å²) in [5, 5.41) is 15.3. The zero-order chi connectivity index (χ0) is 27.4. The first-order valence-electron chi connectivity index (χ1n) is 11.8. The minimum atomic E-state index is -4.44. The van der Waals surface area contributed by atoms with Gasteiger partial charge in [0.05, 0.1) is 5.56 Å². The van der Waals surface area contributed by atoms with Gasteiger partial charge < -0.3 is 20.6 Å². The molecule has 0 saturated heterocycles. The Kier molecular flexibility index (Phi) is 9.21. The molecule has 204 valence electrons. The molecule has 3 N–H and O–H groups in total. The molecule has 2 amide bonds. The molecule has 0 fully saturated rings.